The van der Waals surface area contributed by atoms with Crippen LogP contribution in [0.3, 0.4) is 0 Å². The van der Waals surface area contributed by atoms with E-state index in [2.05, 4.69) is 17.1 Å². The van der Waals surface area contributed by atoms with Crippen LogP contribution in [0.5, 0.6) is 5.75 Å². The summed E-state index contributed by atoms with van der Waals surface area (Å²) in [6, 6.07) is 0. The van der Waals surface area contributed by atoms with Gasteiger partial charge in [-0.2, -0.15) is 0 Å². The summed E-state index contributed by atoms with van der Waals surface area (Å²) >= 11 is 1.42. The lowest BCUT2D eigenvalue weighted by atomic mass is 10.2. The number of hydrogen-bond acceptors (Lipinski definition) is 5. The third-order valence-electron chi connectivity index (χ3n) is 3.34. The molecule has 0 spiro atoms. The van der Waals surface area contributed by atoms with Crippen LogP contribution in [0.1, 0.15) is 29.9 Å². The van der Waals surface area contributed by atoms with Crippen LogP contribution in [0, 0.1) is 5.92 Å². The van der Waals surface area contributed by atoms with E-state index in [0.29, 0.717) is 28.8 Å². The second kappa shape index (κ2) is 5.69. The normalized spacial score (nSPS) is 18.7. The first-order chi connectivity index (χ1) is 9.08. The molecule has 1 aromatic heterocycles. The summed E-state index contributed by atoms with van der Waals surface area (Å²) < 4.78 is 5.40. The number of nitrogens with zero attached hydrogens (tertiary/aromatic N) is 1. The lowest BCUT2D eigenvalue weighted by Crippen LogP contribution is -2.22. The van der Waals surface area contributed by atoms with Gasteiger partial charge in [-0.3, -0.25) is 4.79 Å². The van der Waals surface area contributed by atoms with Gasteiger partial charge in [0.1, 0.15) is 15.6 Å². The maximum Gasteiger partial charge on any atom is 0.263 e. The van der Waals surface area contributed by atoms with Crippen molar-refractivity contribution < 1.29 is 9.53 Å². The van der Waals surface area contributed by atoms with Crippen molar-refractivity contribution in [1.82, 2.24) is 5.32 Å². The standard InChI is InChI=1S/C13H21N3O2S/c1-4-15-12(17)11-9(14)10(18-3)13(19-11)16-6-5-8(2)7-16/h8H,4-7,14H2,1-3H3,(H,15,17). The van der Waals surface area contributed by atoms with Gasteiger partial charge in [0.05, 0.1) is 7.11 Å². The van der Waals surface area contributed by atoms with Gasteiger partial charge in [0.25, 0.3) is 5.91 Å². The average Bonchev–Trinajstić information content (AvgIpc) is 2.93. The lowest BCUT2D eigenvalue weighted by Gasteiger charge is -2.17. The molecule has 0 bridgehead atoms. The van der Waals surface area contributed by atoms with Crippen LogP contribution < -0.4 is 20.7 Å². The van der Waals surface area contributed by atoms with Crippen molar-refractivity contribution in [1.29, 1.82) is 0 Å². The van der Waals surface area contributed by atoms with Gasteiger partial charge in [0.2, 0.25) is 0 Å². The summed E-state index contributed by atoms with van der Waals surface area (Å²) in [7, 11) is 1.60. The second-order valence-electron chi connectivity index (χ2n) is 4.88. The number of thiophene rings is 1. The van der Waals surface area contributed by atoms with Crippen molar-refractivity contribution in [3.05, 3.63) is 4.88 Å². The third kappa shape index (κ3) is 2.63. The number of rotatable bonds is 4. The lowest BCUT2D eigenvalue weighted by molar-refractivity contribution is 0.0960. The molecule has 2 rings (SSSR count). The van der Waals surface area contributed by atoms with Crippen molar-refractivity contribution in [3.63, 3.8) is 0 Å². The smallest absolute Gasteiger partial charge is 0.263 e. The number of nitrogen functional groups attached to an aromatic ring is 1. The molecular weight excluding hydrogens is 262 g/mol. The number of nitrogens with one attached hydrogen (secondary N) is 1. The fourth-order valence-corrected chi connectivity index (χ4v) is 3.49. The van der Waals surface area contributed by atoms with Crippen LogP contribution in [0.25, 0.3) is 0 Å². The molecule has 0 radical (unpaired) electrons. The predicted octanol–water partition coefficient (Wildman–Crippen LogP) is 1.93. The maximum atomic E-state index is 12.0. The highest BCUT2D eigenvalue weighted by Gasteiger charge is 2.28. The zero-order valence-electron chi connectivity index (χ0n) is 11.7. The van der Waals surface area contributed by atoms with Crippen LogP contribution in [-0.2, 0) is 0 Å². The summed E-state index contributed by atoms with van der Waals surface area (Å²) in [4.78, 5) is 14.8. The molecule has 19 heavy (non-hydrogen) atoms. The molecule has 0 saturated carbocycles. The molecule has 5 nitrogen and oxygen atoms in total. The first kappa shape index (κ1) is 14.0. The summed E-state index contributed by atoms with van der Waals surface area (Å²) in [5.41, 5.74) is 6.50. The Morgan fingerprint density at radius 3 is 2.89 bits per heavy atom. The van der Waals surface area contributed by atoms with Crippen LogP contribution in [0.4, 0.5) is 10.7 Å². The molecule has 1 fully saturated rings. The van der Waals surface area contributed by atoms with E-state index in [-0.39, 0.29) is 5.91 Å². The van der Waals surface area contributed by atoms with Gasteiger partial charge in [0, 0.05) is 19.6 Å². The molecule has 3 N–H and O–H groups in total. The fourth-order valence-electron chi connectivity index (χ4n) is 2.35. The summed E-state index contributed by atoms with van der Waals surface area (Å²) in [6.45, 7) is 6.70. The van der Waals surface area contributed by atoms with Crippen LogP contribution in [0.15, 0.2) is 0 Å². The molecular formula is C13H21N3O2S. The molecule has 106 valence electrons. The summed E-state index contributed by atoms with van der Waals surface area (Å²) in [6.07, 6.45) is 1.16. The molecule has 1 saturated heterocycles. The Hall–Kier alpha value is -1.43. The van der Waals surface area contributed by atoms with E-state index in [4.69, 9.17) is 10.5 Å². The molecule has 0 aromatic carbocycles. The third-order valence-corrected chi connectivity index (χ3v) is 4.59. The number of methoxy groups -OCH3 is 1. The van der Waals surface area contributed by atoms with E-state index in [9.17, 15) is 4.79 Å². The molecule has 1 atom stereocenters. The van der Waals surface area contributed by atoms with Gasteiger partial charge < -0.3 is 20.7 Å². The largest absolute Gasteiger partial charge is 0.492 e. The monoisotopic (exact) mass is 283 g/mol. The van der Waals surface area contributed by atoms with E-state index < -0.39 is 0 Å². The number of carbonyl (C=O) groups is 1. The van der Waals surface area contributed by atoms with Gasteiger partial charge in [-0.1, -0.05) is 6.92 Å². The van der Waals surface area contributed by atoms with Crippen molar-refractivity contribution in [2.75, 3.05) is 37.4 Å². The van der Waals surface area contributed by atoms with E-state index >= 15 is 0 Å². The highest BCUT2D eigenvalue weighted by Crippen LogP contribution is 2.46. The van der Waals surface area contributed by atoms with Crippen molar-refractivity contribution in [3.8, 4) is 5.75 Å². The topological polar surface area (TPSA) is 67.6 Å². The average molecular weight is 283 g/mol. The van der Waals surface area contributed by atoms with E-state index in [1.807, 2.05) is 6.92 Å². The predicted molar refractivity (Wildman–Crippen MR) is 79.3 cm³/mol. The SMILES string of the molecule is CCNC(=O)c1sc(N2CCC(C)C2)c(OC)c1N. The van der Waals surface area contributed by atoms with Gasteiger partial charge in [-0.05, 0) is 19.3 Å². The Labute approximate surface area is 117 Å². The quantitative estimate of drug-likeness (QED) is 0.886. The van der Waals surface area contributed by atoms with Gasteiger partial charge in [0.15, 0.2) is 5.75 Å². The Balaban J connectivity index is 2.33. The molecule has 1 aliphatic rings. The van der Waals surface area contributed by atoms with E-state index in [1.54, 1.807) is 7.11 Å². The van der Waals surface area contributed by atoms with E-state index in [1.165, 1.54) is 11.3 Å². The van der Waals surface area contributed by atoms with Crippen molar-refractivity contribution >= 4 is 27.9 Å². The summed E-state index contributed by atoms with van der Waals surface area (Å²) in [5.74, 6) is 1.18. The van der Waals surface area contributed by atoms with Gasteiger partial charge >= 0.3 is 0 Å². The number of hydrogen-bond donors (Lipinski definition) is 2. The highest BCUT2D eigenvalue weighted by atomic mass is 32.1. The number of nitrogens with two attached hydrogens (primary N) is 1. The fraction of sp³-hybridized carbons (Fsp3) is 0.615. The molecule has 1 aromatic rings. The zero-order chi connectivity index (χ0) is 14.0. The molecule has 0 aliphatic carbocycles. The molecule has 1 unspecified atom stereocenters. The van der Waals surface area contributed by atoms with E-state index in [0.717, 1.165) is 24.5 Å². The summed E-state index contributed by atoms with van der Waals surface area (Å²) in [5, 5.41) is 3.76. The first-order valence-electron chi connectivity index (χ1n) is 6.57. The van der Waals surface area contributed by atoms with Crippen LogP contribution in [0.2, 0.25) is 0 Å². The molecule has 1 aliphatic heterocycles. The highest BCUT2D eigenvalue weighted by molar-refractivity contribution is 7.19. The Morgan fingerprint density at radius 1 is 1.63 bits per heavy atom. The number of ether oxygens (including phenoxy) is 1. The Kier molecular flexibility index (Phi) is 4.19. The zero-order valence-corrected chi connectivity index (χ0v) is 12.5. The minimum absolute atomic E-state index is 0.123. The van der Waals surface area contributed by atoms with Crippen molar-refractivity contribution in [2.45, 2.75) is 20.3 Å². The molecule has 1 amide bonds. The van der Waals surface area contributed by atoms with Crippen LogP contribution in [-0.4, -0.2) is 32.7 Å². The van der Waals surface area contributed by atoms with Crippen LogP contribution >= 0.6 is 11.3 Å². The Morgan fingerprint density at radius 2 is 2.37 bits per heavy atom. The minimum Gasteiger partial charge on any atom is -0.492 e. The molecule has 2 heterocycles. The number of carbonyl (C=O) groups excluding carboxylic acids is 1. The minimum atomic E-state index is -0.123. The molecule has 6 heteroatoms. The van der Waals surface area contributed by atoms with Crippen molar-refractivity contribution in [2.24, 2.45) is 5.92 Å². The first-order valence-corrected chi connectivity index (χ1v) is 7.39. The van der Waals surface area contributed by atoms with Gasteiger partial charge in [-0.15, -0.1) is 11.3 Å². The number of anilines is 2. The second-order valence-corrected chi connectivity index (χ2v) is 5.88. The number of amides is 1. The van der Waals surface area contributed by atoms with Gasteiger partial charge in [-0.25, -0.2) is 0 Å². The Bertz CT molecular complexity index is 473. The maximum absolute atomic E-state index is 12.0.